The number of hydrogen-bond acceptors (Lipinski definition) is 8. The number of non-ortho nitro benzene ring substituents is 1. The molecule has 156 valence electrons. The lowest BCUT2D eigenvalue weighted by Crippen LogP contribution is -2.31. The Morgan fingerprint density at radius 1 is 1.07 bits per heavy atom. The number of benzene rings is 1. The lowest BCUT2D eigenvalue weighted by Gasteiger charge is -2.12. The molecule has 29 heavy (non-hydrogen) atoms. The van der Waals surface area contributed by atoms with Crippen LogP contribution < -0.4 is 5.32 Å². The second kappa shape index (κ2) is 10.9. The van der Waals surface area contributed by atoms with Gasteiger partial charge in [-0.3, -0.25) is 24.5 Å². The van der Waals surface area contributed by atoms with Crippen molar-refractivity contribution in [3.8, 4) is 0 Å². The van der Waals surface area contributed by atoms with Crippen LogP contribution in [-0.4, -0.2) is 40.1 Å². The highest BCUT2D eigenvalue weighted by molar-refractivity contribution is 6.01. The average molecular weight is 405 g/mol. The van der Waals surface area contributed by atoms with Gasteiger partial charge >= 0.3 is 5.97 Å². The molecule has 0 saturated carbocycles. The van der Waals surface area contributed by atoms with Crippen LogP contribution in [0.3, 0.4) is 0 Å². The summed E-state index contributed by atoms with van der Waals surface area (Å²) in [6.07, 6.45) is 3.25. The first-order chi connectivity index (χ1) is 13.9. The summed E-state index contributed by atoms with van der Waals surface area (Å²) in [5.41, 5.74) is 0.473. The fourth-order valence-electron chi connectivity index (χ4n) is 2.77. The fourth-order valence-corrected chi connectivity index (χ4v) is 2.77. The maximum atomic E-state index is 11.9. The molecule has 1 aliphatic heterocycles. The molecule has 1 aromatic carbocycles. The van der Waals surface area contributed by atoms with Crippen LogP contribution in [0.5, 0.6) is 0 Å². The quantitative estimate of drug-likeness (QED) is 0.242. The highest BCUT2D eigenvalue weighted by Crippen LogP contribution is 2.17. The number of Topliss-reactive ketones (excluding diaryl/α,β-unsaturated/α-hetero) is 1. The maximum Gasteiger partial charge on any atom is 0.333 e. The summed E-state index contributed by atoms with van der Waals surface area (Å²) >= 11 is 0. The number of amides is 2. The Morgan fingerprint density at radius 2 is 1.72 bits per heavy atom. The number of rotatable bonds is 12. The smallest absolute Gasteiger partial charge is 0.333 e. The minimum Gasteiger partial charge on any atom is -0.378 e. The zero-order chi connectivity index (χ0) is 21.2. The number of nitrogens with zero attached hydrogens (tertiary/aromatic N) is 2. The number of carbonyl (C=O) groups excluding carboxylic acids is 4. The molecular formula is C19H23N3O7. The van der Waals surface area contributed by atoms with Crippen LogP contribution in [-0.2, 0) is 24.0 Å². The summed E-state index contributed by atoms with van der Waals surface area (Å²) in [6.45, 7) is 0.0887. The average Bonchev–Trinajstić information content (AvgIpc) is 3.01. The van der Waals surface area contributed by atoms with E-state index >= 15 is 0 Å². The zero-order valence-corrected chi connectivity index (χ0v) is 15.9. The van der Waals surface area contributed by atoms with Gasteiger partial charge in [-0.2, -0.15) is 0 Å². The maximum absolute atomic E-state index is 11.9. The molecule has 1 heterocycles. The van der Waals surface area contributed by atoms with E-state index in [0.717, 1.165) is 6.42 Å². The number of unbranched alkanes of at least 4 members (excludes halogenated alkanes) is 3. The molecule has 0 aliphatic carbocycles. The van der Waals surface area contributed by atoms with Crippen molar-refractivity contribution in [2.45, 2.75) is 51.4 Å². The molecule has 0 atom stereocenters. The summed E-state index contributed by atoms with van der Waals surface area (Å²) in [6, 6.07) is 5.95. The molecule has 0 radical (unpaired) electrons. The molecule has 0 unspecified atom stereocenters. The molecule has 1 N–H and O–H groups in total. The zero-order valence-electron chi connectivity index (χ0n) is 15.9. The Bertz CT molecular complexity index is 778. The number of nitro benzene ring substituents is 1. The summed E-state index contributed by atoms with van der Waals surface area (Å²) < 4.78 is 0. The van der Waals surface area contributed by atoms with Gasteiger partial charge in [0.25, 0.3) is 17.5 Å². The molecule has 2 amide bonds. The number of nitrogens with one attached hydrogen (secondary N) is 1. The Kier molecular flexibility index (Phi) is 8.26. The van der Waals surface area contributed by atoms with Gasteiger partial charge in [0.05, 0.1) is 11.5 Å². The first-order valence-corrected chi connectivity index (χ1v) is 9.43. The number of carbonyl (C=O) groups is 4. The Morgan fingerprint density at radius 3 is 2.38 bits per heavy atom. The van der Waals surface area contributed by atoms with Crippen LogP contribution >= 0.6 is 0 Å². The standard InChI is InChI=1S/C19H23N3O7/c23-16(13-20-14-6-5-7-15(12-14)22(27)28)8-3-1-2-4-9-19(26)29-21-17(24)10-11-18(21)25/h5-7,12,20H,1-4,8-11,13H2. The lowest BCUT2D eigenvalue weighted by atomic mass is 10.1. The number of nitro groups is 1. The van der Waals surface area contributed by atoms with Crippen molar-refractivity contribution in [1.82, 2.24) is 5.06 Å². The first-order valence-electron chi connectivity index (χ1n) is 9.43. The highest BCUT2D eigenvalue weighted by Gasteiger charge is 2.32. The van der Waals surface area contributed by atoms with Crippen molar-refractivity contribution in [2.75, 3.05) is 11.9 Å². The number of imide groups is 1. The normalized spacial score (nSPS) is 13.4. The van der Waals surface area contributed by atoms with Crippen LogP contribution in [0.15, 0.2) is 24.3 Å². The third-order valence-electron chi connectivity index (χ3n) is 4.33. The van der Waals surface area contributed by atoms with Crippen molar-refractivity contribution in [2.24, 2.45) is 0 Å². The van der Waals surface area contributed by atoms with Crippen molar-refractivity contribution in [3.63, 3.8) is 0 Å². The van der Waals surface area contributed by atoms with Crippen molar-refractivity contribution in [1.29, 1.82) is 0 Å². The van der Waals surface area contributed by atoms with E-state index in [1.807, 2.05) is 0 Å². The van der Waals surface area contributed by atoms with Gasteiger partial charge in [0.15, 0.2) is 5.78 Å². The second-order valence-electron chi connectivity index (χ2n) is 6.66. The summed E-state index contributed by atoms with van der Waals surface area (Å²) in [4.78, 5) is 61.2. The van der Waals surface area contributed by atoms with Gasteiger partial charge in [0.2, 0.25) is 0 Å². The Labute approximate surface area is 167 Å². The number of hydroxylamine groups is 2. The van der Waals surface area contributed by atoms with E-state index in [4.69, 9.17) is 4.84 Å². The van der Waals surface area contributed by atoms with E-state index in [9.17, 15) is 29.3 Å². The summed E-state index contributed by atoms with van der Waals surface area (Å²) in [7, 11) is 0. The minimum absolute atomic E-state index is 0.0121. The predicted molar refractivity (Wildman–Crippen MR) is 101 cm³/mol. The molecule has 1 fully saturated rings. The van der Waals surface area contributed by atoms with E-state index in [1.54, 1.807) is 12.1 Å². The van der Waals surface area contributed by atoms with Crippen molar-refractivity contribution < 1.29 is 28.9 Å². The molecule has 0 aromatic heterocycles. The molecule has 2 rings (SSSR count). The number of ketones is 1. The molecule has 1 saturated heterocycles. The molecule has 10 nitrogen and oxygen atoms in total. The third kappa shape index (κ3) is 7.32. The van der Waals surface area contributed by atoms with E-state index in [2.05, 4.69) is 5.32 Å². The van der Waals surface area contributed by atoms with Crippen LogP contribution in [0.25, 0.3) is 0 Å². The van der Waals surface area contributed by atoms with Gasteiger partial charge in [0, 0.05) is 43.5 Å². The molecular weight excluding hydrogens is 382 g/mol. The Balaban J connectivity index is 1.54. The molecule has 0 bridgehead atoms. The lowest BCUT2D eigenvalue weighted by molar-refractivity contribution is -0.384. The van der Waals surface area contributed by atoms with Gasteiger partial charge < -0.3 is 10.2 Å². The van der Waals surface area contributed by atoms with E-state index < -0.39 is 22.7 Å². The first kappa shape index (κ1) is 22.0. The van der Waals surface area contributed by atoms with Gasteiger partial charge in [-0.1, -0.05) is 18.9 Å². The van der Waals surface area contributed by atoms with Crippen LogP contribution in [0, 0.1) is 10.1 Å². The molecule has 1 aliphatic rings. The largest absolute Gasteiger partial charge is 0.378 e. The topological polar surface area (TPSA) is 136 Å². The monoisotopic (exact) mass is 405 g/mol. The molecule has 10 heteroatoms. The van der Waals surface area contributed by atoms with Gasteiger partial charge in [0.1, 0.15) is 0 Å². The third-order valence-corrected chi connectivity index (χ3v) is 4.33. The molecule has 0 spiro atoms. The highest BCUT2D eigenvalue weighted by atomic mass is 16.7. The van der Waals surface area contributed by atoms with E-state index in [0.29, 0.717) is 36.4 Å². The van der Waals surface area contributed by atoms with Crippen LogP contribution in [0.4, 0.5) is 11.4 Å². The van der Waals surface area contributed by atoms with E-state index in [-0.39, 0.29) is 37.3 Å². The summed E-state index contributed by atoms with van der Waals surface area (Å²) in [5.74, 6) is -1.63. The van der Waals surface area contributed by atoms with Gasteiger partial charge in [-0.15, -0.1) is 5.06 Å². The fraction of sp³-hybridized carbons (Fsp3) is 0.474. The van der Waals surface area contributed by atoms with Crippen LogP contribution in [0.1, 0.15) is 51.4 Å². The van der Waals surface area contributed by atoms with Crippen molar-refractivity contribution in [3.05, 3.63) is 34.4 Å². The van der Waals surface area contributed by atoms with Gasteiger partial charge in [-0.25, -0.2) is 4.79 Å². The van der Waals surface area contributed by atoms with Crippen molar-refractivity contribution >= 4 is 34.9 Å². The molecule has 1 aromatic rings. The second-order valence-corrected chi connectivity index (χ2v) is 6.66. The SMILES string of the molecule is O=C(CCCCCCC(=O)ON1C(=O)CCC1=O)CNc1cccc([N+](=O)[O-])c1. The van der Waals surface area contributed by atoms with E-state index in [1.165, 1.54) is 12.1 Å². The number of hydrogen-bond donors (Lipinski definition) is 1. The van der Waals surface area contributed by atoms with Crippen LogP contribution in [0.2, 0.25) is 0 Å². The van der Waals surface area contributed by atoms with Gasteiger partial charge in [-0.05, 0) is 18.9 Å². The minimum atomic E-state index is -0.620. The Hall–Kier alpha value is -3.30. The number of anilines is 1. The predicted octanol–water partition coefficient (Wildman–Crippen LogP) is 2.52. The summed E-state index contributed by atoms with van der Waals surface area (Å²) in [5, 5.41) is 14.1.